The fourth-order valence-electron chi connectivity index (χ4n) is 3.33. The minimum Gasteiger partial charge on any atom is -0.488 e. The number of carbonyl (C=O) groups excluding carboxylic acids is 1. The molecule has 0 aliphatic heterocycles. The van der Waals surface area contributed by atoms with Crippen molar-refractivity contribution in [3.63, 3.8) is 0 Å². The van der Waals surface area contributed by atoms with E-state index >= 15 is 0 Å². The lowest BCUT2D eigenvalue weighted by Gasteiger charge is -2.12. The molecule has 4 aromatic rings. The number of nitro benzene ring substituents is 1. The van der Waals surface area contributed by atoms with Gasteiger partial charge in [0.25, 0.3) is 5.69 Å². The summed E-state index contributed by atoms with van der Waals surface area (Å²) >= 11 is 0. The zero-order valence-electron chi connectivity index (χ0n) is 20.6. The smallest absolute Gasteiger partial charge is 0.277 e. The molecule has 1 N–H and O–H groups in total. The SMILES string of the molecule is CC.CN(C)C(=O)Cc1cncc(Nc2cc(COc3ccc([N+](=O)[O-])c4ccccc34)ccn2)n1. The van der Waals surface area contributed by atoms with Crippen LogP contribution in [0, 0.1) is 10.1 Å². The van der Waals surface area contributed by atoms with E-state index in [1.165, 1.54) is 11.0 Å². The van der Waals surface area contributed by atoms with Crippen LogP contribution >= 0.6 is 0 Å². The number of fused-ring (bicyclic) bond motifs is 1. The molecular weight excluding hydrogens is 460 g/mol. The molecule has 0 radical (unpaired) electrons. The zero-order chi connectivity index (χ0) is 26.1. The van der Waals surface area contributed by atoms with Crippen molar-refractivity contribution < 1.29 is 14.5 Å². The van der Waals surface area contributed by atoms with Gasteiger partial charge in [0.1, 0.15) is 24.0 Å². The fourth-order valence-corrected chi connectivity index (χ4v) is 3.33. The molecule has 186 valence electrons. The third-order valence-electron chi connectivity index (χ3n) is 5.05. The highest BCUT2D eigenvalue weighted by atomic mass is 16.6. The van der Waals surface area contributed by atoms with Gasteiger partial charge in [-0.15, -0.1) is 0 Å². The molecule has 0 saturated heterocycles. The van der Waals surface area contributed by atoms with Gasteiger partial charge in [-0.05, 0) is 29.8 Å². The molecule has 10 heteroatoms. The van der Waals surface area contributed by atoms with Gasteiger partial charge in [0.15, 0.2) is 0 Å². The number of amides is 1. The Hall–Kier alpha value is -4.60. The van der Waals surface area contributed by atoms with Crippen molar-refractivity contribution in [1.29, 1.82) is 0 Å². The lowest BCUT2D eigenvalue weighted by Crippen LogP contribution is -2.24. The summed E-state index contributed by atoms with van der Waals surface area (Å²) in [5.41, 5.74) is 1.43. The number of nitrogens with zero attached hydrogens (tertiary/aromatic N) is 5. The van der Waals surface area contributed by atoms with Crippen molar-refractivity contribution in [3.05, 3.63) is 88.5 Å². The molecule has 2 heterocycles. The second-order valence-electron chi connectivity index (χ2n) is 7.71. The summed E-state index contributed by atoms with van der Waals surface area (Å²) < 4.78 is 5.98. The first-order valence-electron chi connectivity index (χ1n) is 11.4. The van der Waals surface area contributed by atoms with E-state index in [0.29, 0.717) is 33.9 Å². The van der Waals surface area contributed by atoms with Crippen LogP contribution in [-0.4, -0.2) is 44.8 Å². The van der Waals surface area contributed by atoms with Gasteiger partial charge in [0.2, 0.25) is 5.91 Å². The van der Waals surface area contributed by atoms with Crippen LogP contribution in [0.1, 0.15) is 25.1 Å². The van der Waals surface area contributed by atoms with Gasteiger partial charge in [-0.2, -0.15) is 0 Å². The highest BCUT2D eigenvalue weighted by Gasteiger charge is 2.15. The molecule has 0 aliphatic carbocycles. The molecular formula is C26H28N6O4. The molecule has 1 amide bonds. The number of aromatic nitrogens is 3. The topological polar surface area (TPSA) is 123 Å². The van der Waals surface area contributed by atoms with Crippen molar-refractivity contribution >= 4 is 34.0 Å². The monoisotopic (exact) mass is 488 g/mol. The molecule has 4 rings (SSSR count). The van der Waals surface area contributed by atoms with Gasteiger partial charge in [-0.1, -0.05) is 32.0 Å². The van der Waals surface area contributed by atoms with E-state index in [1.54, 1.807) is 57.0 Å². The Balaban J connectivity index is 0.00000176. The molecule has 0 atom stereocenters. The number of carbonyl (C=O) groups is 1. The number of hydrogen-bond donors (Lipinski definition) is 1. The lowest BCUT2D eigenvalue weighted by atomic mass is 10.1. The van der Waals surface area contributed by atoms with Crippen molar-refractivity contribution in [3.8, 4) is 5.75 Å². The normalized spacial score (nSPS) is 10.2. The second-order valence-corrected chi connectivity index (χ2v) is 7.71. The van der Waals surface area contributed by atoms with Crippen molar-refractivity contribution in [1.82, 2.24) is 19.9 Å². The minimum atomic E-state index is -0.402. The van der Waals surface area contributed by atoms with Crippen LogP contribution < -0.4 is 10.1 Å². The average molecular weight is 489 g/mol. The summed E-state index contributed by atoms with van der Waals surface area (Å²) in [6.07, 6.45) is 4.90. The Kier molecular flexibility index (Phi) is 8.82. The summed E-state index contributed by atoms with van der Waals surface area (Å²) in [4.78, 5) is 37.2. The quantitative estimate of drug-likeness (QED) is 0.274. The van der Waals surface area contributed by atoms with Gasteiger partial charge in [-0.3, -0.25) is 19.9 Å². The van der Waals surface area contributed by atoms with E-state index < -0.39 is 4.92 Å². The Morgan fingerprint density at radius 1 is 1.06 bits per heavy atom. The second kappa shape index (κ2) is 12.2. The van der Waals surface area contributed by atoms with Crippen LogP contribution in [0.2, 0.25) is 0 Å². The van der Waals surface area contributed by atoms with E-state index in [0.717, 1.165) is 5.56 Å². The maximum Gasteiger partial charge on any atom is 0.277 e. The standard InChI is InChI=1S/C24H22N6O4.C2H6/c1-29(2)24(31)12-17-13-25-14-23(27-17)28-22-11-16(9-10-26-22)15-34-21-8-7-20(30(32)33)18-5-3-4-6-19(18)21;1-2/h3-11,13-14H,12,15H2,1-2H3,(H,26,27,28);1-2H3. The Morgan fingerprint density at radius 2 is 1.81 bits per heavy atom. The minimum absolute atomic E-state index is 0.0361. The predicted molar refractivity (Wildman–Crippen MR) is 138 cm³/mol. The molecule has 2 aromatic carbocycles. The summed E-state index contributed by atoms with van der Waals surface area (Å²) in [5, 5.41) is 15.6. The molecule has 0 unspecified atom stereocenters. The molecule has 0 aliphatic rings. The Morgan fingerprint density at radius 3 is 2.53 bits per heavy atom. The third-order valence-corrected chi connectivity index (χ3v) is 5.05. The number of non-ortho nitro benzene ring substituents is 1. The van der Waals surface area contributed by atoms with E-state index in [9.17, 15) is 14.9 Å². The number of pyridine rings is 1. The first-order valence-corrected chi connectivity index (χ1v) is 11.4. The number of ether oxygens (including phenoxy) is 1. The van der Waals surface area contributed by atoms with Crippen molar-refractivity contribution in [2.24, 2.45) is 0 Å². The molecule has 2 aromatic heterocycles. The maximum absolute atomic E-state index is 11.9. The highest BCUT2D eigenvalue weighted by Crippen LogP contribution is 2.33. The number of nitrogens with one attached hydrogen (secondary N) is 1. The third kappa shape index (κ3) is 6.50. The molecule has 0 bridgehead atoms. The summed E-state index contributed by atoms with van der Waals surface area (Å²) in [6.45, 7) is 4.24. The first-order chi connectivity index (χ1) is 17.4. The summed E-state index contributed by atoms with van der Waals surface area (Å²) in [5.74, 6) is 1.50. The molecule has 0 fully saturated rings. The Bertz CT molecular complexity index is 1360. The zero-order valence-corrected chi connectivity index (χ0v) is 20.6. The molecule has 36 heavy (non-hydrogen) atoms. The van der Waals surface area contributed by atoms with Crippen LogP contribution in [-0.2, 0) is 17.8 Å². The van der Waals surface area contributed by atoms with Gasteiger partial charge in [-0.25, -0.2) is 9.97 Å². The van der Waals surface area contributed by atoms with Crippen LogP contribution in [0.3, 0.4) is 0 Å². The number of rotatable bonds is 8. The molecule has 0 spiro atoms. The van der Waals surface area contributed by atoms with Gasteiger partial charge in [0, 0.05) is 37.9 Å². The maximum atomic E-state index is 11.9. The van der Waals surface area contributed by atoms with Gasteiger partial charge in [0.05, 0.1) is 28.6 Å². The van der Waals surface area contributed by atoms with Crippen molar-refractivity contribution in [2.75, 3.05) is 19.4 Å². The van der Waals surface area contributed by atoms with Crippen LogP contribution in [0.15, 0.2) is 67.1 Å². The predicted octanol–water partition coefficient (Wildman–Crippen LogP) is 4.91. The van der Waals surface area contributed by atoms with Crippen LogP contribution in [0.25, 0.3) is 10.8 Å². The Labute approximate surface area is 209 Å². The van der Waals surface area contributed by atoms with E-state index in [2.05, 4.69) is 20.3 Å². The molecule has 10 nitrogen and oxygen atoms in total. The van der Waals surface area contributed by atoms with Crippen molar-refractivity contribution in [2.45, 2.75) is 26.9 Å². The van der Waals surface area contributed by atoms with Crippen LogP contribution in [0.5, 0.6) is 5.75 Å². The number of likely N-dealkylation sites (N-methyl/N-ethyl adjacent to an activating group) is 1. The van der Waals surface area contributed by atoms with E-state index in [1.807, 2.05) is 32.0 Å². The number of anilines is 2. The number of nitro groups is 1. The molecule has 0 saturated carbocycles. The van der Waals surface area contributed by atoms with Gasteiger partial charge >= 0.3 is 0 Å². The van der Waals surface area contributed by atoms with E-state index in [-0.39, 0.29) is 24.6 Å². The largest absolute Gasteiger partial charge is 0.488 e. The van der Waals surface area contributed by atoms with Gasteiger partial charge < -0.3 is 15.0 Å². The van der Waals surface area contributed by atoms with Crippen LogP contribution in [0.4, 0.5) is 17.3 Å². The van der Waals surface area contributed by atoms with E-state index in [4.69, 9.17) is 4.74 Å². The summed E-state index contributed by atoms with van der Waals surface area (Å²) in [6, 6.07) is 13.8. The fraction of sp³-hybridized carbons (Fsp3) is 0.231. The summed E-state index contributed by atoms with van der Waals surface area (Å²) in [7, 11) is 3.38. The average Bonchev–Trinajstić information content (AvgIpc) is 2.88. The highest BCUT2D eigenvalue weighted by molar-refractivity contribution is 5.95. The first kappa shape index (κ1) is 26.0. The number of hydrogen-bond acceptors (Lipinski definition) is 8. The lowest BCUT2D eigenvalue weighted by molar-refractivity contribution is -0.383. The number of benzene rings is 2.